The standard InChI is InChI=1S/C16H22OS/c1-11(2)16(14-9-10-15(17)12(14)3)18-13-7-5-4-6-8-13/h4-8,11-12,14,16H,9-10H2,1-3H3. The highest BCUT2D eigenvalue weighted by Crippen LogP contribution is 2.42. The maximum absolute atomic E-state index is 11.8. The summed E-state index contributed by atoms with van der Waals surface area (Å²) in [5, 5.41) is 0.550. The Hall–Kier alpha value is -0.760. The van der Waals surface area contributed by atoms with Gasteiger partial charge in [-0.15, -0.1) is 11.8 Å². The Labute approximate surface area is 114 Å². The van der Waals surface area contributed by atoms with E-state index < -0.39 is 0 Å². The quantitative estimate of drug-likeness (QED) is 0.747. The maximum Gasteiger partial charge on any atom is 0.136 e. The third-order valence-corrected chi connectivity index (χ3v) is 5.68. The molecule has 2 rings (SSSR count). The van der Waals surface area contributed by atoms with Crippen LogP contribution in [0.3, 0.4) is 0 Å². The van der Waals surface area contributed by atoms with Crippen molar-refractivity contribution in [1.82, 2.24) is 0 Å². The van der Waals surface area contributed by atoms with E-state index in [0.717, 1.165) is 12.8 Å². The molecule has 1 fully saturated rings. The molecule has 0 amide bonds. The number of rotatable bonds is 4. The van der Waals surface area contributed by atoms with Crippen LogP contribution in [-0.4, -0.2) is 11.0 Å². The van der Waals surface area contributed by atoms with Gasteiger partial charge in [-0.2, -0.15) is 0 Å². The minimum Gasteiger partial charge on any atom is -0.299 e. The Kier molecular flexibility index (Phi) is 4.50. The van der Waals surface area contributed by atoms with E-state index >= 15 is 0 Å². The Morgan fingerprint density at radius 1 is 1.22 bits per heavy atom. The zero-order chi connectivity index (χ0) is 13.1. The number of benzene rings is 1. The summed E-state index contributed by atoms with van der Waals surface area (Å²) in [5.74, 6) is 1.85. The molecule has 2 heteroatoms. The largest absolute Gasteiger partial charge is 0.299 e. The van der Waals surface area contributed by atoms with E-state index in [2.05, 4.69) is 51.1 Å². The van der Waals surface area contributed by atoms with E-state index in [-0.39, 0.29) is 5.92 Å². The van der Waals surface area contributed by atoms with Crippen LogP contribution in [0, 0.1) is 17.8 Å². The molecule has 18 heavy (non-hydrogen) atoms. The molecule has 3 atom stereocenters. The molecule has 1 saturated carbocycles. The van der Waals surface area contributed by atoms with Crippen LogP contribution in [0.4, 0.5) is 0 Å². The normalized spacial score (nSPS) is 25.7. The number of carbonyl (C=O) groups excluding carboxylic acids is 1. The lowest BCUT2D eigenvalue weighted by atomic mass is 9.88. The van der Waals surface area contributed by atoms with E-state index in [1.54, 1.807) is 0 Å². The van der Waals surface area contributed by atoms with Crippen molar-refractivity contribution < 1.29 is 4.79 Å². The second-order valence-corrected chi connectivity index (χ2v) is 6.85. The SMILES string of the molecule is CC(C)C(Sc1ccccc1)C1CCC(=O)C1C. The highest BCUT2D eigenvalue weighted by Gasteiger charge is 2.37. The van der Waals surface area contributed by atoms with Gasteiger partial charge in [0.15, 0.2) is 0 Å². The minimum absolute atomic E-state index is 0.244. The molecule has 0 aliphatic heterocycles. The Balaban J connectivity index is 2.12. The molecule has 1 aliphatic rings. The van der Waals surface area contributed by atoms with Crippen molar-refractivity contribution in [3.8, 4) is 0 Å². The number of hydrogen-bond donors (Lipinski definition) is 0. The fourth-order valence-electron chi connectivity index (χ4n) is 2.85. The molecule has 1 aromatic rings. The third-order valence-electron chi connectivity index (χ3n) is 3.97. The molecule has 1 aromatic carbocycles. The first-order valence-electron chi connectivity index (χ1n) is 6.84. The molecular weight excluding hydrogens is 240 g/mol. The molecular formula is C16H22OS. The molecule has 0 saturated heterocycles. The van der Waals surface area contributed by atoms with Crippen LogP contribution in [-0.2, 0) is 4.79 Å². The number of thioether (sulfide) groups is 1. The highest BCUT2D eigenvalue weighted by atomic mass is 32.2. The maximum atomic E-state index is 11.8. The minimum atomic E-state index is 0.244. The average Bonchev–Trinajstić information content (AvgIpc) is 2.68. The van der Waals surface area contributed by atoms with Gasteiger partial charge in [-0.05, 0) is 30.4 Å². The topological polar surface area (TPSA) is 17.1 Å². The van der Waals surface area contributed by atoms with Gasteiger partial charge >= 0.3 is 0 Å². The van der Waals surface area contributed by atoms with E-state index in [1.807, 2.05) is 11.8 Å². The Bertz CT molecular complexity index is 399. The zero-order valence-corrected chi connectivity index (χ0v) is 12.2. The Morgan fingerprint density at radius 2 is 1.89 bits per heavy atom. The highest BCUT2D eigenvalue weighted by molar-refractivity contribution is 8.00. The second kappa shape index (κ2) is 5.92. The summed E-state index contributed by atoms with van der Waals surface area (Å²) in [6, 6.07) is 10.6. The van der Waals surface area contributed by atoms with Gasteiger partial charge in [0, 0.05) is 22.5 Å². The molecule has 0 spiro atoms. The predicted molar refractivity (Wildman–Crippen MR) is 77.8 cm³/mol. The van der Waals surface area contributed by atoms with Gasteiger partial charge in [-0.25, -0.2) is 0 Å². The molecule has 0 bridgehead atoms. The lowest BCUT2D eigenvalue weighted by molar-refractivity contribution is -0.120. The summed E-state index contributed by atoms with van der Waals surface area (Å²) in [6.45, 7) is 6.66. The molecule has 3 unspecified atom stereocenters. The van der Waals surface area contributed by atoms with Crippen LogP contribution in [0.2, 0.25) is 0 Å². The van der Waals surface area contributed by atoms with Gasteiger partial charge in [0.25, 0.3) is 0 Å². The monoisotopic (exact) mass is 262 g/mol. The van der Waals surface area contributed by atoms with Crippen molar-refractivity contribution in [2.24, 2.45) is 17.8 Å². The summed E-state index contributed by atoms with van der Waals surface area (Å²) in [6.07, 6.45) is 1.85. The number of Topliss-reactive ketones (excluding diaryl/α,β-unsaturated/α-hetero) is 1. The van der Waals surface area contributed by atoms with Gasteiger partial charge < -0.3 is 0 Å². The summed E-state index contributed by atoms with van der Waals surface area (Å²) < 4.78 is 0. The lowest BCUT2D eigenvalue weighted by Gasteiger charge is -2.29. The van der Waals surface area contributed by atoms with Crippen molar-refractivity contribution in [2.45, 2.75) is 43.8 Å². The summed E-state index contributed by atoms with van der Waals surface area (Å²) >= 11 is 1.95. The zero-order valence-electron chi connectivity index (χ0n) is 11.4. The smallest absolute Gasteiger partial charge is 0.136 e. The van der Waals surface area contributed by atoms with Gasteiger partial charge in [0.05, 0.1) is 0 Å². The van der Waals surface area contributed by atoms with Crippen LogP contribution in [0.5, 0.6) is 0 Å². The number of carbonyl (C=O) groups is 1. The average molecular weight is 262 g/mol. The Morgan fingerprint density at radius 3 is 2.39 bits per heavy atom. The first kappa shape index (κ1) is 13.7. The molecule has 0 heterocycles. The molecule has 98 valence electrons. The van der Waals surface area contributed by atoms with Crippen molar-refractivity contribution in [3.63, 3.8) is 0 Å². The van der Waals surface area contributed by atoms with Gasteiger partial charge in [-0.1, -0.05) is 39.0 Å². The van der Waals surface area contributed by atoms with Gasteiger partial charge in [0.2, 0.25) is 0 Å². The van der Waals surface area contributed by atoms with E-state index in [4.69, 9.17) is 0 Å². The van der Waals surface area contributed by atoms with E-state index in [0.29, 0.717) is 22.9 Å². The van der Waals surface area contributed by atoms with Crippen LogP contribution < -0.4 is 0 Å². The fraction of sp³-hybridized carbons (Fsp3) is 0.562. The van der Waals surface area contributed by atoms with Gasteiger partial charge in [0.1, 0.15) is 5.78 Å². The van der Waals surface area contributed by atoms with E-state index in [1.165, 1.54) is 4.90 Å². The first-order valence-corrected chi connectivity index (χ1v) is 7.72. The van der Waals surface area contributed by atoms with Gasteiger partial charge in [-0.3, -0.25) is 4.79 Å². The van der Waals surface area contributed by atoms with Crippen LogP contribution in [0.1, 0.15) is 33.6 Å². The molecule has 0 aromatic heterocycles. The first-order chi connectivity index (χ1) is 8.59. The number of hydrogen-bond acceptors (Lipinski definition) is 2. The third kappa shape index (κ3) is 2.97. The van der Waals surface area contributed by atoms with E-state index in [9.17, 15) is 4.79 Å². The van der Waals surface area contributed by atoms with Crippen molar-refractivity contribution in [1.29, 1.82) is 0 Å². The molecule has 1 aliphatic carbocycles. The molecule has 1 nitrogen and oxygen atoms in total. The van der Waals surface area contributed by atoms with Crippen molar-refractivity contribution >= 4 is 17.5 Å². The number of ketones is 1. The van der Waals surface area contributed by atoms with Crippen molar-refractivity contribution in [2.75, 3.05) is 0 Å². The summed E-state index contributed by atoms with van der Waals surface area (Å²) in [5.41, 5.74) is 0. The van der Waals surface area contributed by atoms with Crippen LogP contribution >= 0.6 is 11.8 Å². The molecule has 0 N–H and O–H groups in total. The lowest BCUT2D eigenvalue weighted by Crippen LogP contribution is -2.26. The van der Waals surface area contributed by atoms with Crippen molar-refractivity contribution in [3.05, 3.63) is 30.3 Å². The summed E-state index contributed by atoms with van der Waals surface area (Å²) in [4.78, 5) is 13.1. The van der Waals surface area contributed by atoms with Crippen LogP contribution in [0.15, 0.2) is 35.2 Å². The molecule has 0 radical (unpaired) electrons. The predicted octanol–water partition coefficient (Wildman–Crippen LogP) is 4.42. The van der Waals surface area contributed by atoms with Crippen LogP contribution in [0.25, 0.3) is 0 Å². The summed E-state index contributed by atoms with van der Waals surface area (Å²) in [7, 11) is 0. The second-order valence-electron chi connectivity index (χ2n) is 5.60. The fourth-order valence-corrected chi connectivity index (χ4v) is 4.30.